The number of aromatic amines is 1. The minimum absolute atomic E-state index is 0.0322. The topological polar surface area (TPSA) is 95.5 Å². The zero-order valence-electron chi connectivity index (χ0n) is 23.8. The van der Waals surface area contributed by atoms with Crippen molar-refractivity contribution in [1.82, 2.24) is 14.9 Å². The first-order chi connectivity index (χ1) is 20.9. The van der Waals surface area contributed by atoms with Gasteiger partial charge < -0.3 is 19.7 Å². The summed E-state index contributed by atoms with van der Waals surface area (Å²) >= 11 is 0. The predicted octanol–water partition coefficient (Wildman–Crippen LogP) is 6.31. The maximum absolute atomic E-state index is 14.4. The van der Waals surface area contributed by atoms with Crippen molar-refractivity contribution >= 4 is 22.8 Å². The lowest BCUT2D eigenvalue weighted by molar-refractivity contribution is -0.157. The molecule has 1 aliphatic heterocycles. The van der Waals surface area contributed by atoms with E-state index in [1.54, 1.807) is 35.5 Å². The first kappa shape index (κ1) is 28.2. The highest BCUT2D eigenvalue weighted by Crippen LogP contribution is 2.39. The molecule has 1 aliphatic rings. The fraction of sp³-hybridized carbons (Fsp3) is 0.229. The van der Waals surface area contributed by atoms with Crippen LogP contribution in [0.25, 0.3) is 33.3 Å². The van der Waals surface area contributed by atoms with Crippen LogP contribution in [0.5, 0.6) is 5.75 Å². The Morgan fingerprint density at radius 1 is 1.00 bits per heavy atom. The van der Waals surface area contributed by atoms with Gasteiger partial charge in [0, 0.05) is 47.5 Å². The molecule has 0 atom stereocenters. The summed E-state index contributed by atoms with van der Waals surface area (Å²) in [4.78, 5) is 35.3. The second kappa shape index (κ2) is 11.7. The summed E-state index contributed by atoms with van der Waals surface area (Å²) in [7, 11) is 1.35. The Balaban J connectivity index is 1.13. The zero-order valence-corrected chi connectivity index (χ0v) is 23.8. The van der Waals surface area contributed by atoms with E-state index >= 15 is 0 Å². The molecular weight excluding hydrogens is 545 g/mol. The maximum Gasteiger partial charge on any atom is 0.312 e. The number of H-pyrrole nitrogens is 1. The number of esters is 1. The molecule has 0 spiro atoms. The van der Waals surface area contributed by atoms with E-state index < -0.39 is 5.41 Å². The second-order valence-corrected chi connectivity index (χ2v) is 11.1. The van der Waals surface area contributed by atoms with Gasteiger partial charge in [0.15, 0.2) is 0 Å². The van der Waals surface area contributed by atoms with Crippen LogP contribution < -0.4 is 0 Å². The minimum atomic E-state index is -0.865. The number of phenolic OH excluding ortho intramolecular Hbond substituents is 1. The van der Waals surface area contributed by atoms with Crippen LogP contribution in [-0.4, -0.2) is 52.1 Å². The van der Waals surface area contributed by atoms with E-state index in [-0.39, 0.29) is 36.3 Å². The summed E-state index contributed by atoms with van der Waals surface area (Å²) in [5.41, 5.74) is 4.42. The zero-order chi connectivity index (χ0) is 30.0. The molecule has 5 aromatic rings. The fourth-order valence-corrected chi connectivity index (χ4v) is 6.06. The number of amides is 1. The van der Waals surface area contributed by atoms with E-state index in [0.29, 0.717) is 42.6 Å². The first-order valence-electron chi connectivity index (χ1n) is 14.3. The van der Waals surface area contributed by atoms with Gasteiger partial charge in [0.2, 0.25) is 5.91 Å². The number of methoxy groups -OCH3 is 1. The van der Waals surface area contributed by atoms with E-state index in [0.717, 1.165) is 27.7 Å². The van der Waals surface area contributed by atoms with Gasteiger partial charge in [-0.25, -0.2) is 4.39 Å². The molecule has 1 amide bonds. The van der Waals surface area contributed by atoms with Gasteiger partial charge in [-0.1, -0.05) is 54.6 Å². The van der Waals surface area contributed by atoms with Crippen LogP contribution in [0, 0.1) is 11.2 Å². The summed E-state index contributed by atoms with van der Waals surface area (Å²) in [5, 5.41) is 12.1. The molecule has 3 heterocycles. The molecular formula is C35H32FN3O4. The molecule has 0 saturated carbocycles. The highest BCUT2D eigenvalue weighted by atomic mass is 19.1. The predicted molar refractivity (Wildman–Crippen MR) is 163 cm³/mol. The number of carbonyl (C=O) groups excluding carboxylic acids is 2. The SMILES string of the molecule is COC(=O)C1(Cc2ccccc2F)CCN(C(=O)Cc2ccc(-c3cccc(-c4cc5cnccc5[nH]4)c3O)cc2)CC1. The van der Waals surface area contributed by atoms with E-state index in [4.69, 9.17) is 4.74 Å². The average Bonchev–Trinajstić information content (AvgIpc) is 3.47. The summed E-state index contributed by atoms with van der Waals surface area (Å²) in [6, 6.07) is 23.6. The normalized spacial score (nSPS) is 14.5. The number of nitrogens with zero attached hydrogens (tertiary/aromatic N) is 2. The number of piperidine rings is 1. The fourth-order valence-electron chi connectivity index (χ4n) is 6.06. The van der Waals surface area contributed by atoms with Crippen molar-refractivity contribution in [2.45, 2.75) is 25.7 Å². The summed E-state index contributed by atoms with van der Waals surface area (Å²) in [6.45, 7) is 0.788. The molecule has 8 heteroatoms. The number of para-hydroxylation sites is 1. The van der Waals surface area contributed by atoms with Crippen LogP contribution in [0.4, 0.5) is 4.39 Å². The Morgan fingerprint density at radius 3 is 2.47 bits per heavy atom. The molecule has 6 rings (SSSR count). The number of phenols is 1. The minimum Gasteiger partial charge on any atom is -0.507 e. The number of halogens is 1. The third-order valence-corrected chi connectivity index (χ3v) is 8.55. The van der Waals surface area contributed by atoms with Crippen LogP contribution in [0.15, 0.2) is 91.3 Å². The van der Waals surface area contributed by atoms with E-state index in [1.807, 2.05) is 54.6 Å². The quantitative estimate of drug-likeness (QED) is 0.221. The number of ether oxygens (including phenoxy) is 1. The first-order valence-corrected chi connectivity index (χ1v) is 14.3. The molecule has 0 unspecified atom stereocenters. The third-order valence-electron chi connectivity index (χ3n) is 8.55. The lowest BCUT2D eigenvalue weighted by Gasteiger charge is -2.40. The number of benzene rings is 3. The number of nitrogens with one attached hydrogen (secondary N) is 1. The van der Waals surface area contributed by atoms with Gasteiger partial charge in [-0.3, -0.25) is 14.6 Å². The largest absolute Gasteiger partial charge is 0.507 e. The van der Waals surface area contributed by atoms with Gasteiger partial charge in [-0.15, -0.1) is 0 Å². The Kier molecular flexibility index (Phi) is 7.67. The van der Waals surface area contributed by atoms with Gasteiger partial charge in [0.1, 0.15) is 11.6 Å². The van der Waals surface area contributed by atoms with E-state index in [2.05, 4.69) is 9.97 Å². The van der Waals surface area contributed by atoms with Gasteiger partial charge in [0.25, 0.3) is 0 Å². The molecule has 218 valence electrons. The molecule has 43 heavy (non-hydrogen) atoms. The highest BCUT2D eigenvalue weighted by Gasteiger charge is 2.43. The Morgan fingerprint density at radius 2 is 1.74 bits per heavy atom. The summed E-state index contributed by atoms with van der Waals surface area (Å²) in [6.07, 6.45) is 4.76. The number of aromatic hydroxyl groups is 1. The van der Waals surface area contributed by atoms with Crippen molar-refractivity contribution in [2.75, 3.05) is 20.2 Å². The van der Waals surface area contributed by atoms with E-state index in [1.165, 1.54) is 13.2 Å². The monoisotopic (exact) mass is 577 g/mol. The summed E-state index contributed by atoms with van der Waals surface area (Å²) in [5.74, 6) is -0.575. The van der Waals surface area contributed by atoms with Crippen LogP contribution in [0.3, 0.4) is 0 Å². The number of likely N-dealkylation sites (tertiary alicyclic amines) is 1. The number of aromatic nitrogens is 2. The van der Waals surface area contributed by atoms with Crippen molar-refractivity contribution in [3.8, 4) is 28.1 Å². The molecule has 0 aliphatic carbocycles. The smallest absolute Gasteiger partial charge is 0.312 e. The number of rotatable bonds is 7. The lowest BCUT2D eigenvalue weighted by atomic mass is 9.73. The highest BCUT2D eigenvalue weighted by molar-refractivity contribution is 5.89. The van der Waals surface area contributed by atoms with Gasteiger partial charge in [0.05, 0.1) is 24.6 Å². The number of carbonyl (C=O) groups is 2. The van der Waals surface area contributed by atoms with Crippen molar-refractivity contribution in [3.05, 3.63) is 108 Å². The van der Waals surface area contributed by atoms with E-state index in [9.17, 15) is 19.1 Å². The van der Waals surface area contributed by atoms with Crippen molar-refractivity contribution in [3.63, 3.8) is 0 Å². The molecule has 7 nitrogen and oxygen atoms in total. The van der Waals surface area contributed by atoms with Crippen LogP contribution in [0.1, 0.15) is 24.0 Å². The van der Waals surface area contributed by atoms with Crippen molar-refractivity contribution < 1.29 is 23.8 Å². The number of pyridine rings is 1. The molecule has 2 N–H and O–H groups in total. The molecule has 0 radical (unpaired) electrons. The third kappa shape index (κ3) is 5.60. The maximum atomic E-state index is 14.4. The summed E-state index contributed by atoms with van der Waals surface area (Å²) < 4.78 is 19.5. The molecule has 1 fully saturated rings. The molecule has 3 aromatic carbocycles. The van der Waals surface area contributed by atoms with Gasteiger partial charge >= 0.3 is 5.97 Å². The number of hydrogen-bond donors (Lipinski definition) is 2. The standard InChI is InChI=1S/C35H32FN3O4/c1-43-34(42)35(21-25-5-2-3-8-29(25)36)14-17-39(18-15-35)32(40)19-23-9-11-24(12-10-23)27-6-4-7-28(33(27)41)31-20-26-22-37-16-13-30(26)38-31/h2-13,16,20,22,38,41H,14-15,17-19,21H2,1H3. The van der Waals surface area contributed by atoms with Crippen LogP contribution in [0.2, 0.25) is 0 Å². The Bertz CT molecular complexity index is 1760. The van der Waals surface area contributed by atoms with Crippen molar-refractivity contribution in [2.24, 2.45) is 5.41 Å². The Labute approximate surface area is 249 Å². The van der Waals surface area contributed by atoms with Crippen LogP contribution >= 0.6 is 0 Å². The molecule has 2 aromatic heterocycles. The molecule has 0 bridgehead atoms. The van der Waals surface area contributed by atoms with Gasteiger partial charge in [-0.05, 0) is 60.2 Å². The average molecular weight is 578 g/mol. The van der Waals surface area contributed by atoms with Crippen LogP contribution in [-0.2, 0) is 27.2 Å². The Hall–Kier alpha value is -4.98. The lowest BCUT2D eigenvalue weighted by Crippen LogP contribution is -2.48. The second-order valence-electron chi connectivity index (χ2n) is 11.1. The number of hydrogen-bond acceptors (Lipinski definition) is 5. The number of fused-ring (bicyclic) bond motifs is 1. The van der Waals surface area contributed by atoms with Gasteiger partial charge in [-0.2, -0.15) is 0 Å². The van der Waals surface area contributed by atoms with Crippen molar-refractivity contribution in [1.29, 1.82) is 0 Å². The molecule has 1 saturated heterocycles.